The number of aromatic nitrogens is 1. The summed E-state index contributed by atoms with van der Waals surface area (Å²) in [6, 6.07) is 2.96. The molecule has 0 fully saturated rings. The number of nitrogens with one attached hydrogen (secondary N) is 2. The van der Waals surface area contributed by atoms with Crippen molar-refractivity contribution in [3.63, 3.8) is 0 Å². The molecule has 0 saturated heterocycles. The van der Waals surface area contributed by atoms with Crippen LogP contribution >= 0.6 is 0 Å². The summed E-state index contributed by atoms with van der Waals surface area (Å²) in [4.78, 5) is 26.2. The maximum Gasteiger partial charge on any atom is 0.319 e. The van der Waals surface area contributed by atoms with Crippen LogP contribution in [0, 0.1) is 5.92 Å². The number of amides is 2. The van der Waals surface area contributed by atoms with Crippen molar-refractivity contribution in [3.8, 4) is 0 Å². The average Bonchev–Trinajstić information content (AvgIpc) is 2.41. The van der Waals surface area contributed by atoms with Crippen molar-refractivity contribution < 1.29 is 14.7 Å². The first-order valence-electron chi connectivity index (χ1n) is 6.76. The van der Waals surface area contributed by atoms with Crippen LogP contribution in [0.25, 0.3) is 0 Å². The lowest BCUT2D eigenvalue weighted by atomic mass is 10.0. The summed E-state index contributed by atoms with van der Waals surface area (Å²) in [6.45, 7) is 4.83. The number of urea groups is 1. The van der Waals surface area contributed by atoms with E-state index in [1.54, 1.807) is 12.1 Å². The number of nitrogens with zero attached hydrogens (tertiary/aromatic N) is 1. The molecule has 0 unspecified atom stereocenters. The number of carboxylic acid groups (broad SMARTS) is 1. The van der Waals surface area contributed by atoms with Crippen molar-refractivity contribution >= 4 is 17.7 Å². The molecule has 2 amide bonds. The van der Waals surface area contributed by atoms with Crippen molar-refractivity contribution in [1.29, 1.82) is 0 Å². The van der Waals surface area contributed by atoms with Gasteiger partial charge in [0.25, 0.3) is 0 Å². The molecule has 0 aliphatic rings. The summed E-state index contributed by atoms with van der Waals surface area (Å²) in [5, 5.41) is 14.1. The minimum atomic E-state index is -0.930. The van der Waals surface area contributed by atoms with Crippen LogP contribution in [0.15, 0.2) is 18.3 Å². The summed E-state index contributed by atoms with van der Waals surface area (Å²) >= 11 is 0. The largest absolute Gasteiger partial charge is 0.481 e. The van der Waals surface area contributed by atoms with Gasteiger partial charge in [-0.3, -0.25) is 9.78 Å². The molecule has 1 aromatic rings. The number of hydrogen-bond acceptors (Lipinski definition) is 3. The first-order valence-corrected chi connectivity index (χ1v) is 6.76. The highest BCUT2D eigenvalue weighted by molar-refractivity contribution is 5.89. The Labute approximate surface area is 118 Å². The first-order chi connectivity index (χ1) is 9.55. The Kier molecular flexibility index (Phi) is 6.49. The molecule has 0 bridgehead atoms. The molecule has 0 atom stereocenters. The zero-order chi connectivity index (χ0) is 15.0. The lowest BCUT2D eigenvalue weighted by Gasteiger charge is -2.13. The monoisotopic (exact) mass is 279 g/mol. The normalized spacial score (nSPS) is 10.3. The van der Waals surface area contributed by atoms with E-state index in [4.69, 9.17) is 5.11 Å². The highest BCUT2D eigenvalue weighted by Crippen LogP contribution is 2.08. The van der Waals surface area contributed by atoms with Gasteiger partial charge in [-0.15, -0.1) is 0 Å². The molecule has 6 nitrogen and oxygen atoms in total. The molecule has 20 heavy (non-hydrogen) atoms. The van der Waals surface area contributed by atoms with Crippen LogP contribution in [0.5, 0.6) is 0 Å². The summed E-state index contributed by atoms with van der Waals surface area (Å²) < 4.78 is 0. The molecule has 0 aliphatic heterocycles. The van der Waals surface area contributed by atoms with E-state index in [-0.39, 0.29) is 12.5 Å². The van der Waals surface area contributed by atoms with Crippen LogP contribution in [0.3, 0.4) is 0 Å². The van der Waals surface area contributed by atoms with E-state index in [1.165, 1.54) is 6.20 Å². The van der Waals surface area contributed by atoms with E-state index in [0.29, 0.717) is 23.8 Å². The van der Waals surface area contributed by atoms with E-state index < -0.39 is 5.97 Å². The lowest BCUT2D eigenvalue weighted by Crippen LogP contribution is -2.32. The second-order valence-corrected chi connectivity index (χ2v) is 4.63. The van der Waals surface area contributed by atoms with Crippen molar-refractivity contribution in [3.05, 3.63) is 24.0 Å². The van der Waals surface area contributed by atoms with Crippen molar-refractivity contribution in [2.75, 3.05) is 11.9 Å². The second-order valence-electron chi connectivity index (χ2n) is 4.63. The Hall–Kier alpha value is -2.11. The lowest BCUT2D eigenvalue weighted by molar-refractivity contribution is -0.136. The van der Waals surface area contributed by atoms with Gasteiger partial charge in [0.05, 0.1) is 24.0 Å². The number of hydrogen-bond donors (Lipinski definition) is 3. The van der Waals surface area contributed by atoms with Gasteiger partial charge in [-0.2, -0.15) is 0 Å². The van der Waals surface area contributed by atoms with Crippen LogP contribution in [-0.4, -0.2) is 28.6 Å². The van der Waals surface area contributed by atoms with Crippen molar-refractivity contribution in [1.82, 2.24) is 10.3 Å². The maximum absolute atomic E-state index is 11.7. The van der Waals surface area contributed by atoms with Gasteiger partial charge in [-0.05, 0) is 18.1 Å². The van der Waals surface area contributed by atoms with Gasteiger partial charge in [0.1, 0.15) is 0 Å². The summed E-state index contributed by atoms with van der Waals surface area (Å²) in [7, 11) is 0. The van der Waals surface area contributed by atoms with E-state index in [0.717, 1.165) is 12.8 Å². The van der Waals surface area contributed by atoms with Crippen LogP contribution in [0.2, 0.25) is 0 Å². The molecule has 1 rings (SSSR count). The SMILES string of the molecule is CCC(CC)CNC(=O)Nc1ccc(CC(=O)O)nc1. The fourth-order valence-corrected chi connectivity index (χ4v) is 1.75. The van der Waals surface area contributed by atoms with Gasteiger partial charge in [-0.25, -0.2) is 4.79 Å². The number of aliphatic carboxylic acids is 1. The van der Waals surface area contributed by atoms with Crippen LogP contribution in [0.4, 0.5) is 10.5 Å². The van der Waals surface area contributed by atoms with Crippen LogP contribution in [-0.2, 0) is 11.2 Å². The molecule has 110 valence electrons. The molecule has 0 spiro atoms. The predicted molar refractivity (Wildman–Crippen MR) is 76.7 cm³/mol. The molecular weight excluding hydrogens is 258 g/mol. The Morgan fingerprint density at radius 3 is 2.50 bits per heavy atom. The molecule has 0 aliphatic carbocycles. The molecule has 3 N–H and O–H groups in total. The van der Waals surface area contributed by atoms with Gasteiger partial charge in [0.15, 0.2) is 0 Å². The number of carboxylic acids is 1. The van der Waals surface area contributed by atoms with E-state index in [2.05, 4.69) is 29.5 Å². The van der Waals surface area contributed by atoms with Crippen LogP contribution in [0.1, 0.15) is 32.4 Å². The minimum absolute atomic E-state index is 0.124. The third kappa shape index (κ3) is 5.69. The zero-order valence-corrected chi connectivity index (χ0v) is 11.8. The number of pyridine rings is 1. The molecule has 0 radical (unpaired) electrons. The minimum Gasteiger partial charge on any atom is -0.481 e. The first kappa shape index (κ1) is 15.9. The van der Waals surface area contributed by atoms with E-state index in [1.807, 2.05) is 0 Å². The summed E-state index contributed by atoms with van der Waals surface area (Å²) in [5.74, 6) is -0.446. The van der Waals surface area contributed by atoms with Crippen LogP contribution < -0.4 is 10.6 Å². The molecule has 6 heteroatoms. The summed E-state index contributed by atoms with van der Waals surface area (Å²) in [5.41, 5.74) is 1.00. The second kappa shape index (κ2) is 8.14. The fraction of sp³-hybridized carbons (Fsp3) is 0.500. The molecule has 0 saturated carbocycles. The molecular formula is C14H21N3O3. The van der Waals surface area contributed by atoms with Gasteiger partial charge < -0.3 is 15.7 Å². The highest BCUT2D eigenvalue weighted by Gasteiger charge is 2.07. The van der Waals surface area contributed by atoms with Gasteiger partial charge >= 0.3 is 12.0 Å². The van der Waals surface area contributed by atoms with Gasteiger partial charge in [0, 0.05) is 6.54 Å². The zero-order valence-electron chi connectivity index (χ0n) is 11.8. The third-order valence-corrected chi connectivity index (χ3v) is 3.12. The standard InChI is InChI=1S/C14H21N3O3/c1-3-10(4-2)8-16-14(20)17-12-6-5-11(15-9-12)7-13(18)19/h5-6,9-10H,3-4,7-8H2,1-2H3,(H,18,19)(H2,16,17,20). The van der Waals surface area contributed by atoms with E-state index >= 15 is 0 Å². The predicted octanol–water partition coefficient (Wildman–Crippen LogP) is 2.27. The Balaban J connectivity index is 2.43. The van der Waals surface area contributed by atoms with Crippen molar-refractivity contribution in [2.45, 2.75) is 33.1 Å². The Morgan fingerprint density at radius 2 is 2.00 bits per heavy atom. The maximum atomic E-state index is 11.7. The number of anilines is 1. The Bertz CT molecular complexity index is 441. The van der Waals surface area contributed by atoms with Gasteiger partial charge in [0.2, 0.25) is 0 Å². The molecule has 1 aromatic heterocycles. The van der Waals surface area contributed by atoms with Crippen molar-refractivity contribution in [2.24, 2.45) is 5.92 Å². The smallest absolute Gasteiger partial charge is 0.319 e. The summed E-state index contributed by atoms with van der Waals surface area (Å²) in [6.07, 6.45) is 3.39. The quantitative estimate of drug-likeness (QED) is 0.714. The molecule has 0 aromatic carbocycles. The number of carbonyl (C=O) groups is 2. The number of rotatable bonds is 7. The number of carbonyl (C=O) groups excluding carboxylic acids is 1. The third-order valence-electron chi connectivity index (χ3n) is 3.12. The Morgan fingerprint density at radius 1 is 1.30 bits per heavy atom. The van der Waals surface area contributed by atoms with Gasteiger partial charge in [-0.1, -0.05) is 26.7 Å². The molecule has 1 heterocycles. The topological polar surface area (TPSA) is 91.3 Å². The average molecular weight is 279 g/mol. The fourth-order valence-electron chi connectivity index (χ4n) is 1.75. The van der Waals surface area contributed by atoms with E-state index in [9.17, 15) is 9.59 Å². The highest BCUT2D eigenvalue weighted by atomic mass is 16.4.